The fourth-order valence-corrected chi connectivity index (χ4v) is 1.26. The second-order valence-corrected chi connectivity index (χ2v) is 2.77. The molecule has 1 aromatic rings. The molecule has 3 nitrogen and oxygen atoms in total. The van der Waals surface area contributed by atoms with Crippen molar-refractivity contribution < 1.29 is 9.52 Å². The van der Waals surface area contributed by atoms with Crippen LogP contribution in [0.15, 0.2) is 16.7 Å². The second-order valence-electron chi connectivity index (χ2n) is 2.77. The van der Waals surface area contributed by atoms with Crippen LogP contribution in [0.4, 0.5) is 0 Å². The van der Waals surface area contributed by atoms with Gasteiger partial charge in [-0.1, -0.05) is 6.92 Å². The number of rotatable bonds is 4. The van der Waals surface area contributed by atoms with Gasteiger partial charge in [-0.25, -0.2) is 0 Å². The summed E-state index contributed by atoms with van der Waals surface area (Å²) >= 11 is 0. The molecule has 0 fully saturated rings. The zero-order valence-corrected chi connectivity index (χ0v) is 7.29. The molecule has 68 valence electrons. The fraction of sp³-hybridized carbons (Fsp3) is 0.556. The lowest BCUT2D eigenvalue weighted by Crippen LogP contribution is -2.12. The van der Waals surface area contributed by atoms with E-state index in [0.717, 1.165) is 17.7 Å². The highest BCUT2D eigenvalue weighted by Gasteiger charge is 2.11. The first-order valence-electron chi connectivity index (χ1n) is 4.22. The van der Waals surface area contributed by atoms with Gasteiger partial charge in [0.2, 0.25) is 0 Å². The van der Waals surface area contributed by atoms with E-state index in [0.29, 0.717) is 6.42 Å². The lowest BCUT2D eigenvalue weighted by atomic mass is 10.1. The zero-order chi connectivity index (χ0) is 8.97. The molecule has 0 radical (unpaired) electrons. The predicted molar refractivity (Wildman–Crippen MR) is 46.7 cm³/mol. The van der Waals surface area contributed by atoms with Crippen molar-refractivity contribution in [2.75, 3.05) is 6.61 Å². The van der Waals surface area contributed by atoms with Crippen LogP contribution in [0.5, 0.6) is 0 Å². The monoisotopic (exact) mass is 169 g/mol. The summed E-state index contributed by atoms with van der Waals surface area (Å²) in [5, 5.41) is 8.69. The van der Waals surface area contributed by atoms with Crippen molar-refractivity contribution in [1.29, 1.82) is 0 Å². The van der Waals surface area contributed by atoms with E-state index < -0.39 is 0 Å². The minimum Gasteiger partial charge on any atom is -0.469 e. The Morgan fingerprint density at radius 2 is 2.42 bits per heavy atom. The third kappa shape index (κ3) is 1.87. The Labute approximate surface area is 72.2 Å². The van der Waals surface area contributed by atoms with Gasteiger partial charge in [0.15, 0.2) is 0 Å². The molecule has 1 aromatic heterocycles. The number of aryl methyl sites for hydroxylation is 1. The molecular formula is C9H15NO2. The average Bonchev–Trinajstić information content (AvgIpc) is 2.51. The van der Waals surface area contributed by atoms with E-state index >= 15 is 0 Å². The molecule has 0 aromatic carbocycles. The van der Waals surface area contributed by atoms with Gasteiger partial charge in [0.1, 0.15) is 5.76 Å². The van der Waals surface area contributed by atoms with Crippen LogP contribution in [0.2, 0.25) is 0 Å². The van der Waals surface area contributed by atoms with Gasteiger partial charge in [-0.15, -0.1) is 0 Å². The van der Waals surface area contributed by atoms with Crippen LogP contribution in [0.3, 0.4) is 0 Å². The predicted octanol–water partition coefficient (Wildman–Crippen LogP) is 1.22. The summed E-state index contributed by atoms with van der Waals surface area (Å²) < 4.78 is 5.22. The molecule has 0 aliphatic heterocycles. The van der Waals surface area contributed by atoms with Gasteiger partial charge >= 0.3 is 0 Å². The summed E-state index contributed by atoms with van der Waals surface area (Å²) in [6, 6.07) is 1.78. The molecule has 1 atom stereocenters. The van der Waals surface area contributed by atoms with Crippen molar-refractivity contribution >= 4 is 0 Å². The summed E-state index contributed by atoms with van der Waals surface area (Å²) in [5.74, 6) is 0.927. The highest BCUT2D eigenvalue weighted by molar-refractivity contribution is 5.20. The minimum atomic E-state index is -0.0938. The van der Waals surface area contributed by atoms with Crippen LogP contribution >= 0.6 is 0 Å². The van der Waals surface area contributed by atoms with E-state index in [1.807, 2.05) is 13.0 Å². The number of hydrogen-bond acceptors (Lipinski definition) is 3. The van der Waals surface area contributed by atoms with Gasteiger partial charge < -0.3 is 15.3 Å². The van der Waals surface area contributed by atoms with Crippen LogP contribution in [0.1, 0.15) is 30.7 Å². The first-order chi connectivity index (χ1) is 5.79. The Hall–Kier alpha value is -0.800. The molecule has 1 unspecified atom stereocenters. The Bertz CT molecular complexity index is 232. The van der Waals surface area contributed by atoms with E-state index in [-0.39, 0.29) is 12.6 Å². The van der Waals surface area contributed by atoms with Gasteiger partial charge in [0, 0.05) is 24.6 Å². The molecule has 0 spiro atoms. The summed E-state index contributed by atoms with van der Waals surface area (Å²) in [7, 11) is 0. The van der Waals surface area contributed by atoms with Gasteiger partial charge in [0.25, 0.3) is 0 Å². The third-order valence-corrected chi connectivity index (χ3v) is 1.94. The lowest BCUT2D eigenvalue weighted by Gasteiger charge is -2.08. The van der Waals surface area contributed by atoms with E-state index in [1.54, 1.807) is 6.26 Å². The summed E-state index contributed by atoms with van der Waals surface area (Å²) in [5.41, 5.74) is 6.83. The normalized spacial score (nSPS) is 13.2. The number of furan rings is 1. The van der Waals surface area contributed by atoms with Gasteiger partial charge in [-0.05, 0) is 12.5 Å². The molecule has 1 heterocycles. The van der Waals surface area contributed by atoms with Gasteiger partial charge in [-0.2, -0.15) is 0 Å². The Balaban J connectivity index is 2.71. The molecular weight excluding hydrogens is 154 g/mol. The van der Waals surface area contributed by atoms with E-state index in [9.17, 15) is 0 Å². The quantitative estimate of drug-likeness (QED) is 0.712. The molecule has 0 aliphatic carbocycles. The van der Waals surface area contributed by atoms with Crippen molar-refractivity contribution in [2.24, 2.45) is 5.73 Å². The number of aliphatic hydroxyl groups is 1. The number of aliphatic hydroxyl groups excluding tert-OH is 1. The molecule has 0 saturated heterocycles. The Kier molecular flexibility index (Phi) is 3.31. The van der Waals surface area contributed by atoms with Crippen LogP contribution in [-0.2, 0) is 6.42 Å². The maximum atomic E-state index is 8.69. The van der Waals surface area contributed by atoms with E-state index in [1.165, 1.54) is 0 Å². The van der Waals surface area contributed by atoms with E-state index in [2.05, 4.69) is 0 Å². The largest absolute Gasteiger partial charge is 0.469 e. The minimum absolute atomic E-state index is 0.0938. The van der Waals surface area contributed by atoms with Crippen molar-refractivity contribution in [1.82, 2.24) is 0 Å². The summed E-state index contributed by atoms with van der Waals surface area (Å²) in [6.45, 7) is 2.14. The first-order valence-corrected chi connectivity index (χ1v) is 4.22. The summed E-state index contributed by atoms with van der Waals surface area (Å²) in [4.78, 5) is 0. The van der Waals surface area contributed by atoms with Crippen LogP contribution in [-0.4, -0.2) is 11.7 Å². The third-order valence-electron chi connectivity index (χ3n) is 1.94. The van der Waals surface area contributed by atoms with Crippen LogP contribution in [0, 0.1) is 0 Å². The van der Waals surface area contributed by atoms with Gasteiger partial charge in [-0.3, -0.25) is 0 Å². The zero-order valence-electron chi connectivity index (χ0n) is 7.29. The Morgan fingerprint density at radius 3 is 3.00 bits per heavy atom. The van der Waals surface area contributed by atoms with Crippen LogP contribution in [0.25, 0.3) is 0 Å². The lowest BCUT2D eigenvalue weighted by molar-refractivity contribution is 0.276. The SMILES string of the molecule is CCc1occc1C(N)CCO. The van der Waals surface area contributed by atoms with Crippen molar-refractivity contribution in [3.63, 3.8) is 0 Å². The molecule has 12 heavy (non-hydrogen) atoms. The molecule has 3 heteroatoms. The highest BCUT2D eigenvalue weighted by atomic mass is 16.3. The molecule has 0 amide bonds. The van der Waals surface area contributed by atoms with Crippen molar-refractivity contribution in [3.05, 3.63) is 23.7 Å². The highest BCUT2D eigenvalue weighted by Crippen LogP contribution is 2.19. The summed E-state index contributed by atoms with van der Waals surface area (Å²) in [6.07, 6.45) is 3.08. The smallest absolute Gasteiger partial charge is 0.108 e. The number of hydrogen-bond donors (Lipinski definition) is 2. The maximum absolute atomic E-state index is 8.69. The molecule has 1 rings (SSSR count). The molecule has 3 N–H and O–H groups in total. The molecule has 0 bridgehead atoms. The standard InChI is InChI=1S/C9H15NO2/c1-2-9-7(4-6-12-9)8(10)3-5-11/h4,6,8,11H,2-3,5,10H2,1H3. The van der Waals surface area contributed by atoms with E-state index in [4.69, 9.17) is 15.3 Å². The van der Waals surface area contributed by atoms with Crippen LogP contribution < -0.4 is 5.73 Å². The average molecular weight is 169 g/mol. The number of nitrogens with two attached hydrogens (primary N) is 1. The first kappa shape index (κ1) is 9.29. The molecule has 0 saturated carbocycles. The second kappa shape index (κ2) is 4.28. The van der Waals surface area contributed by atoms with Crippen molar-refractivity contribution in [3.8, 4) is 0 Å². The Morgan fingerprint density at radius 1 is 1.67 bits per heavy atom. The fourth-order valence-electron chi connectivity index (χ4n) is 1.26. The molecule has 0 aliphatic rings. The maximum Gasteiger partial charge on any atom is 0.108 e. The topological polar surface area (TPSA) is 59.4 Å². The van der Waals surface area contributed by atoms with Crippen molar-refractivity contribution in [2.45, 2.75) is 25.8 Å². The van der Waals surface area contributed by atoms with Gasteiger partial charge in [0.05, 0.1) is 6.26 Å².